The Morgan fingerprint density at radius 1 is 1.44 bits per heavy atom. The Morgan fingerprint density at radius 2 is 2.11 bits per heavy atom. The van der Waals surface area contributed by atoms with Crippen molar-refractivity contribution >= 4 is 12.4 Å². The summed E-state index contributed by atoms with van der Waals surface area (Å²) >= 11 is 0. The lowest BCUT2D eigenvalue weighted by Crippen LogP contribution is -2.37. The summed E-state index contributed by atoms with van der Waals surface area (Å²) in [5.41, 5.74) is 0.969. The average molecular weight is 249 g/mol. The van der Waals surface area contributed by atoms with Crippen LogP contribution in [0.3, 0.4) is 0 Å². The third-order valence-electron chi connectivity index (χ3n) is 3.38. The summed E-state index contributed by atoms with van der Waals surface area (Å²) in [5, 5.41) is 9.01. The van der Waals surface area contributed by atoms with E-state index in [0.717, 1.165) is 17.6 Å². The number of carboxylic acid groups (broad SMARTS) is 1. The second kappa shape index (κ2) is 5.08. The predicted octanol–water partition coefficient (Wildman–Crippen LogP) is 1.73. The maximum absolute atomic E-state index is 11.1. The van der Waals surface area contributed by atoms with E-state index in [9.17, 15) is 9.59 Å². The van der Waals surface area contributed by atoms with Gasteiger partial charge in [-0.1, -0.05) is 12.1 Å². The largest absolute Gasteiger partial charge is 0.497 e. The van der Waals surface area contributed by atoms with Crippen LogP contribution in [-0.4, -0.2) is 42.1 Å². The molecule has 1 aliphatic heterocycles. The van der Waals surface area contributed by atoms with E-state index >= 15 is 0 Å². The Morgan fingerprint density at radius 3 is 2.61 bits per heavy atom. The summed E-state index contributed by atoms with van der Waals surface area (Å²) in [6.45, 7) is 0.398. The van der Waals surface area contributed by atoms with Gasteiger partial charge in [0.1, 0.15) is 12.0 Å². The standard InChI is InChI=1S/C13H15NO4/c1-18-10-4-2-9(3-5-10)11-6-7-14(13(16)17)12(11)8-15/h2-5,8,11-12H,6-7H2,1H3,(H,16,17)/t11-,12+/m1/s1. The third-order valence-corrected chi connectivity index (χ3v) is 3.38. The first-order chi connectivity index (χ1) is 8.67. The molecule has 0 spiro atoms. The Bertz CT molecular complexity index is 443. The summed E-state index contributed by atoms with van der Waals surface area (Å²) in [6, 6.07) is 6.81. The maximum atomic E-state index is 11.1. The third kappa shape index (κ3) is 2.16. The molecule has 1 aromatic carbocycles. The van der Waals surface area contributed by atoms with Crippen molar-refractivity contribution in [1.29, 1.82) is 0 Å². The van der Waals surface area contributed by atoms with Crippen molar-refractivity contribution in [2.45, 2.75) is 18.4 Å². The van der Waals surface area contributed by atoms with Gasteiger partial charge in [0.05, 0.1) is 13.2 Å². The summed E-state index contributed by atoms with van der Waals surface area (Å²) in [4.78, 5) is 23.3. The highest BCUT2D eigenvalue weighted by molar-refractivity contribution is 5.73. The van der Waals surface area contributed by atoms with Crippen LogP contribution in [0.4, 0.5) is 4.79 Å². The van der Waals surface area contributed by atoms with Crippen molar-refractivity contribution in [3.8, 4) is 5.75 Å². The molecular formula is C13H15NO4. The minimum atomic E-state index is -1.04. The van der Waals surface area contributed by atoms with Crippen molar-refractivity contribution in [3.05, 3.63) is 29.8 Å². The molecule has 96 valence electrons. The van der Waals surface area contributed by atoms with E-state index in [1.807, 2.05) is 24.3 Å². The lowest BCUT2D eigenvalue weighted by Gasteiger charge is -2.20. The van der Waals surface area contributed by atoms with Gasteiger partial charge in [-0.3, -0.25) is 4.90 Å². The number of methoxy groups -OCH3 is 1. The van der Waals surface area contributed by atoms with Crippen LogP contribution in [0, 0.1) is 0 Å². The number of amides is 1. The van der Waals surface area contributed by atoms with E-state index in [4.69, 9.17) is 9.84 Å². The number of likely N-dealkylation sites (tertiary alicyclic amines) is 1. The van der Waals surface area contributed by atoms with E-state index < -0.39 is 12.1 Å². The first kappa shape index (κ1) is 12.4. The fourth-order valence-corrected chi connectivity index (χ4v) is 2.42. The van der Waals surface area contributed by atoms with Gasteiger partial charge in [-0.2, -0.15) is 0 Å². The van der Waals surface area contributed by atoms with Crippen molar-refractivity contribution in [2.75, 3.05) is 13.7 Å². The van der Waals surface area contributed by atoms with Gasteiger partial charge in [-0.25, -0.2) is 4.79 Å². The number of aldehydes is 1. The molecule has 0 radical (unpaired) electrons. The van der Waals surface area contributed by atoms with Crippen LogP contribution in [0.15, 0.2) is 24.3 Å². The molecule has 2 rings (SSSR count). The van der Waals surface area contributed by atoms with Gasteiger partial charge in [0.15, 0.2) is 0 Å². The molecule has 1 saturated heterocycles. The number of rotatable bonds is 3. The first-order valence-electron chi connectivity index (χ1n) is 5.76. The highest BCUT2D eigenvalue weighted by atomic mass is 16.5. The van der Waals surface area contributed by atoms with Crippen LogP contribution in [0.1, 0.15) is 17.9 Å². The summed E-state index contributed by atoms with van der Waals surface area (Å²) in [5.74, 6) is 0.680. The van der Waals surface area contributed by atoms with Gasteiger partial charge < -0.3 is 14.6 Å². The number of nitrogens with zero attached hydrogens (tertiary/aromatic N) is 1. The van der Waals surface area contributed by atoms with Gasteiger partial charge in [-0.15, -0.1) is 0 Å². The highest BCUT2D eigenvalue weighted by Gasteiger charge is 2.37. The van der Waals surface area contributed by atoms with Gasteiger partial charge in [0.2, 0.25) is 0 Å². The van der Waals surface area contributed by atoms with Crippen molar-refractivity contribution in [3.63, 3.8) is 0 Å². The lowest BCUT2D eigenvalue weighted by molar-refractivity contribution is -0.111. The molecule has 0 unspecified atom stereocenters. The van der Waals surface area contributed by atoms with Gasteiger partial charge in [0, 0.05) is 12.5 Å². The van der Waals surface area contributed by atoms with Crippen LogP contribution in [0.25, 0.3) is 0 Å². The second-order valence-corrected chi connectivity index (χ2v) is 4.27. The second-order valence-electron chi connectivity index (χ2n) is 4.27. The number of benzene rings is 1. The summed E-state index contributed by atoms with van der Waals surface area (Å²) < 4.78 is 5.07. The van der Waals surface area contributed by atoms with Crippen LogP contribution in [0.5, 0.6) is 5.75 Å². The Kier molecular flexibility index (Phi) is 3.50. The Hall–Kier alpha value is -2.04. The van der Waals surface area contributed by atoms with E-state index in [-0.39, 0.29) is 5.92 Å². The molecular weight excluding hydrogens is 234 g/mol. The van der Waals surface area contributed by atoms with Crippen LogP contribution in [-0.2, 0) is 4.79 Å². The van der Waals surface area contributed by atoms with Crippen molar-refractivity contribution in [1.82, 2.24) is 4.90 Å². The minimum absolute atomic E-state index is 0.0653. The van der Waals surface area contributed by atoms with Crippen LogP contribution in [0.2, 0.25) is 0 Å². The number of carbonyl (C=O) groups is 2. The van der Waals surface area contributed by atoms with Crippen LogP contribution < -0.4 is 4.74 Å². The molecule has 0 aromatic heterocycles. The molecule has 5 nitrogen and oxygen atoms in total. The molecule has 1 aromatic rings. The normalized spacial score (nSPS) is 22.8. The van der Waals surface area contributed by atoms with Crippen molar-refractivity contribution in [2.24, 2.45) is 0 Å². The smallest absolute Gasteiger partial charge is 0.407 e. The zero-order valence-corrected chi connectivity index (χ0v) is 10.1. The SMILES string of the molecule is COc1ccc([C@H]2CCN(C(=O)O)[C@H]2C=O)cc1. The number of hydrogen-bond donors (Lipinski definition) is 1. The maximum Gasteiger partial charge on any atom is 0.407 e. The molecule has 18 heavy (non-hydrogen) atoms. The fourth-order valence-electron chi connectivity index (χ4n) is 2.42. The fraction of sp³-hybridized carbons (Fsp3) is 0.385. The molecule has 1 aliphatic rings. The number of carbonyl (C=O) groups excluding carboxylic acids is 1. The summed E-state index contributed by atoms with van der Waals surface area (Å²) in [7, 11) is 1.59. The molecule has 5 heteroatoms. The lowest BCUT2D eigenvalue weighted by atomic mass is 9.92. The van der Waals surface area contributed by atoms with Gasteiger partial charge in [0.25, 0.3) is 0 Å². The number of ether oxygens (including phenoxy) is 1. The monoisotopic (exact) mass is 249 g/mol. The highest BCUT2D eigenvalue weighted by Crippen LogP contribution is 2.33. The summed E-state index contributed by atoms with van der Waals surface area (Å²) in [6.07, 6.45) is 0.348. The van der Waals surface area contributed by atoms with E-state index in [2.05, 4.69) is 0 Å². The molecule has 1 amide bonds. The molecule has 0 saturated carbocycles. The van der Waals surface area contributed by atoms with Crippen LogP contribution >= 0.6 is 0 Å². The van der Waals surface area contributed by atoms with Gasteiger partial charge in [-0.05, 0) is 24.1 Å². The topological polar surface area (TPSA) is 66.8 Å². The van der Waals surface area contributed by atoms with E-state index in [1.165, 1.54) is 4.90 Å². The van der Waals surface area contributed by atoms with E-state index in [1.54, 1.807) is 7.11 Å². The molecule has 1 fully saturated rings. The molecule has 0 bridgehead atoms. The Balaban J connectivity index is 2.22. The Labute approximate surface area is 105 Å². The minimum Gasteiger partial charge on any atom is -0.497 e. The average Bonchev–Trinajstić information content (AvgIpc) is 2.82. The first-order valence-corrected chi connectivity index (χ1v) is 5.76. The molecule has 0 aliphatic carbocycles. The molecule has 1 heterocycles. The predicted molar refractivity (Wildman–Crippen MR) is 64.9 cm³/mol. The zero-order chi connectivity index (χ0) is 13.1. The molecule has 2 atom stereocenters. The quantitative estimate of drug-likeness (QED) is 0.828. The van der Waals surface area contributed by atoms with Crippen molar-refractivity contribution < 1.29 is 19.4 Å². The zero-order valence-electron chi connectivity index (χ0n) is 10.1. The number of hydrogen-bond acceptors (Lipinski definition) is 3. The molecule has 1 N–H and O–H groups in total. The van der Waals surface area contributed by atoms with E-state index in [0.29, 0.717) is 13.0 Å². The van der Waals surface area contributed by atoms with Gasteiger partial charge >= 0.3 is 6.09 Å².